The quantitative estimate of drug-likeness (QED) is 0.800. The molecular formula is C21H27N3O2. The van der Waals surface area contributed by atoms with E-state index < -0.39 is 0 Å². The first kappa shape index (κ1) is 18.4. The van der Waals surface area contributed by atoms with Crippen LogP contribution in [0.2, 0.25) is 0 Å². The second-order valence-electron chi connectivity index (χ2n) is 6.73. The van der Waals surface area contributed by atoms with Crippen molar-refractivity contribution in [2.75, 3.05) is 46.3 Å². The molecule has 5 heteroatoms. The van der Waals surface area contributed by atoms with Gasteiger partial charge in [0.15, 0.2) is 0 Å². The number of hydrogen-bond acceptors (Lipinski definition) is 4. The monoisotopic (exact) mass is 353 g/mol. The summed E-state index contributed by atoms with van der Waals surface area (Å²) in [4.78, 5) is 19.3. The lowest BCUT2D eigenvalue weighted by molar-refractivity contribution is 0.120. The van der Waals surface area contributed by atoms with E-state index in [2.05, 4.69) is 16.8 Å². The molecular weight excluding hydrogens is 326 g/mol. The van der Waals surface area contributed by atoms with Crippen LogP contribution in [0.25, 0.3) is 0 Å². The molecule has 5 nitrogen and oxygen atoms in total. The van der Waals surface area contributed by atoms with E-state index in [0.717, 1.165) is 38.3 Å². The maximum absolute atomic E-state index is 12.7. The van der Waals surface area contributed by atoms with Crippen molar-refractivity contribution >= 4 is 6.09 Å². The Morgan fingerprint density at radius 2 is 1.58 bits per heavy atom. The van der Waals surface area contributed by atoms with Crippen LogP contribution in [-0.2, 0) is 6.54 Å². The Balaban J connectivity index is 1.62. The van der Waals surface area contributed by atoms with Gasteiger partial charge >= 0.3 is 6.09 Å². The molecule has 1 fully saturated rings. The number of nitrogens with zero attached hydrogens (tertiary/aromatic N) is 3. The van der Waals surface area contributed by atoms with Gasteiger partial charge in [0.2, 0.25) is 0 Å². The van der Waals surface area contributed by atoms with Gasteiger partial charge in [0.1, 0.15) is 5.75 Å². The van der Waals surface area contributed by atoms with Crippen molar-refractivity contribution in [3.05, 3.63) is 66.2 Å². The van der Waals surface area contributed by atoms with Crippen molar-refractivity contribution < 1.29 is 9.53 Å². The summed E-state index contributed by atoms with van der Waals surface area (Å²) in [5.74, 6) is 0.579. The smallest absolute Gasteiger partial charge is 0.410 e. The molecule has 0 spiro atoms. The summed E-state index contributed by atoms with van der Waals surface area (Å²) in [6, 6.07) is 19.3. The van der Waals surface area contributed by atoms with Crippen molar-refractivity contribution in [3.8, 4) is 5.75 Å². The van der Waals surface area contributed by atoms with Crippen LogP contribution in [0.5, 0.6) is 5.75 Å². The van der Waals surface area contributed by atoms with Gasteiger partial charge in [0, 0.05) is 45.8 Å². The van der Waals surface area contributed by atoms with E-state index >= 15 is 0 Å². The fraction of sp³-hybridized carbons (Fsp3) is 0.381. The summed E-state index contributed by atoms with van der Waals surface area (Å²) in [7, 11) is 2.15. The molecule has 2 aromatic carbocycles. The van der Waals surface area contributed by atoms with Gasteiger partial charge in [-0.15, -0.1) is 0 Å². The molecule has 0 saturated carbocycles. The molecule has 1 aliphatic heterocycles. The van der Waals surface area contributed by atoms with E-state index in [0.29, 0.717) is 18.8 Å². The Kier molecular flexibility index (Phi) is 6.63. The molecule has 0 atom stereocenters. The van der Waals surface area contributed by atoms with Gasteiger partial charge < -0.3 is 14.5 Å². The summed E-state index contributed by atoms with van der Waals surface area (Å²) in [6.07, 6.45) is -0.297. The highest BCUT2D eigenvalue weighted by atomic mass is 16.6. The van der Waals surface area contributed by atoms with E-state index in [1.165, 1.54) is 0 Å². The molecule has 1 heterocycles. The Morgan fingerprint density at radius 1 is 0.962 bits per heavy atom. The normalized spacial score (nSPS) is 15.6. The molecule has 3 rings (SSSR count). The predicted molar refractivity (Wildman–Crippen MR) is 103 cm³/mol. The summed E-state index contributed by atoms with van der Waals surface area (Å²) < 4.78 is 5.57. The standard InChI is InChI=1S/C21H27N3O2/c1-22-12-14-23(15-13-22)16-17-24(18-19-8-4-2-5-9-19)21(25)26-20-10-6-3-7-11-20/h2-11H,12-18H2,1H3. The zero-order valence-electron chi connectivity index (χ0n) is 15.4. The molecule has 0 unspecified atom stereocenters. The highest BCUT2D eigenvalue weighted by Crippen LogP contribution is 2.13. The fourth-order valence-electron chi connectivity index (χ4n) is 3.03. The van der Waals surface area contributed by atoms with Crippen molar-refractivity contribution in [2.45, 2.75) is 6.54 Å². The van der Waals surface area contributed by atoms with Crippen LogP contribution in [0.15, 0.2) is 60.7 Å². The van der Waals surface area contributed by atoms with Crippen molar-refractivity contribution in [1.82, 2.24) is 14.7 Å². The number of ether oxygens (including phenoxy) is 1. The van der Waals surface area contributed by atoms with E-state index in [1.807, 2.05) is 48.5 Å². The maximum atomic E-state index is 12.7. The average Bonchev–Trinajstić information content (AvgIpc) is 2.68. The minimum Gasteiger partial charge on any atom is -0.410 e. The van der Waals surface area contributed by atoms with Gasteiger partial charge in [-0.25, -0.2) is 4.79 Å². The highest BCUT2D eigenvalue weighted by molar-refractivity contribution is 5.70. The van der Waals surface area contributed by atoms with Crippen LogP contribution < -0.4 is 4.74 Å². The number of para-hydroxylation sites is 1. The maximum Gasteiger partial charge on any atom is 0.415 e. The van der Waals surface area contributed by atoms with E-state index in [9.17, 15) is 4.79 Å². The molecule has 0 aliphatic carbocycles. The molecule has 1 amide bonds. The van der Waals surface area contributed by atoms with E-state index in [-0.39, 0.29) is 6.09 Å². The molecule has 1 saturated heterocycles. The molecule has 1 aliphatic rings. The van der Waals surface area contributed by atoms with Gasteiger partial charge in [0.25, 0.3) is 0 Å². The predicted octanol–water partition coefficient (Wildman–Crippen LogP) is 2.94. The Bertz CT molecular complexity index is 670. The number of likely N-dealkylation sites (N-methyl/N-ethyl adjacent to an activating group) is 1. The zero-order chi connectivity index (χ0) is 18.2. The molecule has 2 aromatic rings. The minimum atomic E-state index is -0.297. The summed E-state index contributed by atoms with van der Waals surface area (Å²) in [6.45, 7) is 6.32. The fourth-order valence-corrected chi connectivity index (χ4v) is 3.03. The van der Waals surface area contributed by atoms with Gasteiger partial charge in [0.05, 0.1) is 0 Å². The third-order valence-electron chi connectivity index (χ3n) is 4.70. The molecule has 0 aromatic heterocycles. The third kappa shape index (κ3) is 5.58. The topological polar surface area (TPSA) is 36.0 Å². The third-order valence-corrected chi connectivity index (χ3v) is 4.70. The number of carbonyl (C=O) groups excluding carboxylic acids is 1. The van der Waals surface area contributed by atoms with Crippen molar-refractivity contribution in [3.63, 3.8) is 0 Å². The first-order chi connectivity index (χ1) is 12.7. The Labute approximate surface area is 155 Å². The van der Waals surface area contributed by atoms with Gasteiger partial charge in [-0.05, 0) is 24.7 Å². The number of piperazine rings is 1. The number of hydrogen-bond donors (Lipinski definition) is 0. The van der Waals surface area contributed by atoms with Crippen LogP contribution in [0.3, 0.4) is 0 Å². The largest absolute Gasteiger partial charge is 0.415 e. The lowest BCUT2D eigenvalue weighted by Crippen LogP contribution is -2.47. The van der Waals surface area contributed by atoms with E-state index in [4.69, 9.17) is 4.74 Å². The average molecular weight is 353 g/mol. The second-order valence-corrected chi connectivity index (χ2v) is 6.73. The first-order valence-corrected chi connectivity index (χ1v) is 9.17. The minimum absolute atomic E-state index is 0.297. The molecule has 138 valence electrons. The highest BCUT2D eigenvalue weighted by Gasteiger charge is 2.19. The zero-order valence-corrected chi connectivity index (χ0v) is 15.4. The van der Waals surface area contributed by atoms with Crippen LogP contribution >= 0.6 is 0 Å². The summed E-state index contributed by atoms with van der Waals surface area (Å²) in [5.41, 5.74) is 1.11. The van der Waals surface area contributed by atoms with Gasteiger partial charge in [-0.1, -0.05) is 48.5 Å². The lowest BCUT2D eigenvalue weighted by Gasteiger charge is -2.33. The Hall–Kier alpha value is -2.37. The number of rotatable bonds is 6. The number of benzene rings is 2. The van der Waals surface area contributed by atoms with Gasteiger partial charge in [-0.3, -0.25) is 4.90 Å². The Morgan fingerprint density at radius 3 is 2.23 bits per heavy atom. The van der Waals surface area contributed by atoms with Gasteiger partial charge in [-0.2, -0.15) is 0 Å². The summed E-state index contributed by atoms with van der Waals surface area (Å²) >= 11 is 0. The van der Waals surface area contributed by atoms with Crippen LogP contribution in [0.1, 0.15) is 5.56 Å². The van der Waals surface area contributed by atoms with Crippen LogP contribution in [-0.4, -0.2) is 67.1 Å². The van der Waals surface area contributed by atoms with Crippen LogP contribution in [0.4, 0.5) is 4.79 Å². The number of amides is 1. The SMILES string of the molecule is CN1CCN(CCN(Cc2ccccc2)C(=O)Oc2ccccc2)CC1. The molecule has 0 radical (unpaired) electrons. The van der Waals surface area contributed by atoms with Crippen LogP contribution in [0, 0.1) is 0 Å². The lowest BCUT2D eigenvalue weighted by atomic mass is 10.2. The van der Waals surface area contributed by atoms with Crippen molar-refractivity contribution in [1.29, 1.82) is 0 Å². The molecule has 0 bridgehead atoms. The summed E-state index contributed by atoms with van der Waals surface area (Å²) in [5, 5.41) is 0. The van der Waals surface area contributed by atoms with E-state index in [1.54, 1.807) is 17.0 Å². The first-order valence-electron chi connectivity index (χ1n) is 9.17. The van der Waals surface area contributed by atoms with Crippen molar-refractivity contribution in [2.24, 2.45) is 0 Å². The number of carbonyl (C=O) groups is 1. The second kappa shape index (κ2) is 9.36. The molecule has 0 N–H and O–H groups in total. The molecule has 26 heavy (non-hydrogen) atoms.